The van der Waals surface area contributed by atoms with E-state index < -0.39 is 0 Å². The summed E-state index contributed by atoms with van der Waals surface area (Å²) in [4.78, 5) is 4.21. The SMILES string of the molecule is CCc1ccc2ncc(Cl)c(N)c2c1. The van der Waals surface area contributed by atoms with Crippen LogP contribution >= 0.6 is 11.6 Å². The molecule has 0 saturated carbocycles. The van der Waals surface area contributed by atoms with E-state index >= 15 is 0 Å². The Labute approximate surface area is 87.7 Å². The maximum atomic E-state index is 5.90. The molecule has 0 saturated heterocycles. The molecule has 1 heterocycles. The summed E-state index contributed by atoms with van der Waals surface area (Å²) < 4.78 is 0. The summed E-state index contributed by atoms with van der Waals surface area (Å²) in [6.45, 7) is 2.11. The fourth-order valence-corrected chi connectivity index (χ4v) is 1.61. The van der Waals surface area contributed by atoms with E-state index in [1.807, 2.05) is 12.1 Å². The molecule has 0 aliphatic carbocycles. The highest BCUT2D eigenvalue weighted by Gasteiger charge is 2.03. The Hall–Kier alpha value is -1.28. The minimum atomic E-state index is 0.519. The second-order valence-electron chi connectivity index (χ2n) is 3.22. The minimum absolute atomic E-state index is 0.519. The van der Waals surface area contributed by atoms with Crippen molar-refractivity contribution in [3.63, 3.8) is 0 Å². The van der Waals surface area contributed by atoms with Crippen LogP contribution < -0.4 is 5.73 Å². The predicted molar refractivity (Wildman–Crippen MR) is 60.5 cm³/mol. The number of pyridine rings is 1. The van der Waals surface area contributed by atoms with Gasteiger partial charge in [0.1, 0.15) is 0 Å². The maximum absolute atomic E-state index is 5.90. The van der Waals surface area contributed by atoms with Gasteiger partial charge in [-0.3, -0.25) is 4.98 Å². The average Bonchev–Trinajstić information content (AvgIpc) is 2.23. The van der Waals surface area contributed by atoms with Crippen molar-refractivity contribution in [3.8, 4) is 0 Å². The Morgan fingerprint density at radius 1 is 1.43 bits per heavy atom. The van der Waals surface area contributed by atoms with Gasteiger partial charge in [0.25, 0.3) is 0 Å². The number of nitrogens with two attached hydrogens (primary N) is 1. The zero-order valence-electron chi connectivity index (χ0n) is 7.92. The molecule has 2 aromatic rings. The van der Waals surface area contributed by atoms with Crippen molar-refractivity contribution in [1.82, 2.24) is 4.98 Å². The van der Waals surface area contributed by atoms with Crippen LogP contribution in [0.2, 0.25) is 5.02 Å². The van der Waals surface area contributed by atoms with Gasteiger partial charge in [-0.25, -0.2) is 0 Å². The molecule has 2 nitrogen and oxygen atoms in total. The Morgan fingerprint density at radius 3 is 2.93 bits per heavy atom. The zero-order valence-corrected chi connectivity index (χ0v) is 8.67. The van der Waals surface area contributed by atoms with E-state index in [9.17, 15) is 0 Å². The Kier molecular flexibility index (Phi) is 2.30. The van der Waals surface area contributed by atoms with E-state index in [1.54, 1.807) is 6.20 Å². The van der Waals surface area contributed by atoms with Crippen LogP contribution in [0.25, 0.3) is 10.9 Å². The van der Waals surface area contributed by atoms with Crippen LogP contribution in [0.15, 0.2) is 24.4 Å². The smallest absolute Gasteiger partial charge is 0.0825 e. The average molecular weight is 207 g/mol. The van der Waals surface area contributed by atoms with Crippen LogP contribution in [-0.2, 0) is 6.42 Å². The quantitative estimate of drug-likeness (QED) is 0.779. The molecule has 2 N–H and O–H groups in total. The molecule has 14 heavy (non-hydrogen) atoms. The lowest BCUT2D eigenvalue weighted by Gasteiger charge is -2.04. The number of anilines is 1. The van der Waals surface area contributed by atoms with Gasteiger partial charge in [0.05, 0.1) is 16.2 Å². The highest BCUT2D eigenvalue weighted by atomic mass is 35.5. The van der Waals surface area contributed by atoms with Crippen LogP contribution in [0.1, 0.15) is 12.5 Å². The first-order valence-electron chi connectivity index (χ1n) is 4.55. The van der Waals surface area contributed by atoms with Gasteiger partial charge in [0.2, 0.25) is 0 Å². The van der Waals surface area contributed by atoms with Gasteiger partial charge in [-0.2, -0.15) is 0 Å². The van der Waals surface area contributed by atoms with Crippen molar-refractivity contribution in [2.75, 3.05) is 5.73 Å². The van der Waals surface area contributed by atoms with Gasteiger partial charge in [0.15, 0.2) is 0 Å². The molecule has 3 heteroatoms. The summed E-state index contributed by atoms with van der Waals surface area (Å²) in [6.07, 6.45) is 2.58. The first-order chi connectivity index (χ1) is 6.72. The predicted octanol–water partition coefficient (Wildman–Crippen LogP) is 3.03. The number of nitrogens with zero attached hydrogens (tertiary/aromatic N) is 1. The number of hydrogen-bond acceptors (Lipinski definition) is 2. The molecule has 0 unspecified atom stereocenters. The second-order valence-corrected chi connectivity index (χ2v) is 3.63. The lowest BCUT2D eigenvalue weighted by molar-refractivity contribution is 1.14. The van der Waals surface area contributed by atoms with Crippen molar-refractivity contribution >= 4 is 28.2 Å². The van der Waals surface area contributed by atoms with Crippen molar-refractivity contribution in [2.45, 2.75) is 13.3 Å². The number of aromatic nitrogens is 1. The largest absolute Gasteiger partial charge is 0.397 e. The molecule has 1 aromatic carbocycles. The molecular weight excluding hydrogens is 196 g/mol. The summed E-state index contributed by atoms with van der Waals surface area (Å²) in [6, 6.07) is 6.08. The first kappa shape index (κ1) is 9.28. The molecular formula is C11H11ClN2. The molecule has 0 aliphatic heterocycles. The Balaban J connectivity index is 2.78. The number of halogens is 1. The highest BCUT2D eigenvalue weighted by Crippen LogP contribution is 2.27. The molecule has 0 amide bonds. The highest BCUT2D eigenvalue weighted by molar-refractivity contribution is 6.34. The van der Waals surface area contributed by atoms with Gasteiger partial charge >= 0.3 is 0 Å². The number of aryl methyl sites for hydroxylation is 1. The van der Waals surface area contributed by atoms with Crippen LogP contribution in [0, 0.1) is 0 Å². The summed E-state index contributed by atoms with van der Waals surface area (Å²) in [5.41, 5.74) is 8.62. The van der Waals surface area contributed by atoms with Crippen LogP contribution in [0.5, 0.6) is 0 Å². The summed E-state index contributed by atoms with van der Waals surface area (Å²) >= 11 is 5.90. The van der Waals surface area contributed by atoms with E-state index in [-0.39, 0.29) is 0 Å². The number of benzene rings is 1. The fourth-order valence-electron chi connectivity index (χ4n) is 1.46. The summed E-state index contributed by atoms with van der Waals surface area (Å²) in [5.74, 6) is 0. The van der Waals surface area contributed by atoms with E-state index in [2.05, 4.69) is 18.0 Å². The van der Waals surface area contributed by atoms with E-state index in [0.717, 1.165) is 17.3 Å². The molecule has 1 aromatic heterocycles. The van der Waals surface area contributed by atoms with Gasteiger partial charge in [-0.05, 0) is 24.1 Å². The van der Waals surface area contributed by atoms with E-state index in [0.29, 0.717) is 10.7 Å². The van der Waals surface area contributed by atoms with Crippen molar-refractivity contribution in [3.05, 3.63) is 35.0 Å². The lowest BCUT2D eigenvalue weighted by Crippen LogP contribution is -1.92. The Morgan fingerprint density at radius 2 is 2.21 bits per heavy atom. The third-order valence-electron chi connectivity index (χ3n) is 2.33. The van der Waals surface area contributed by atoms with Crippen molar-refractivity contribution in [2.24, 2.45) is 0 Å². The molecule has 0 radical (unpaired) electrons. The van der Waals surface area contributed by atoms with Crippen LogP contribution in [0.3, 0.4) is 0 Å². The topological polar surface area (TPSA) is 38.9 Å². The monoisotopic (exact) mass is 206 g/mol. The second kappa shape index (κ2) is 3.46. The van der Waals surface area contributed by atoms with Gasteiger partial charge in [-0.15, -0.1) is 0 Å². The zero-order chi connectivity index (χ0) is 10.1. The van der Waals surface area contributed by atoms with Crippen molar-refractivity contribution < 1.29 is 0 Å². The maximum Gasteiger partial charge on any atom is 0.0825 e. The van der Waals surface area contributed by atoms with Gasteiger partial charge in [0, 0.05) is 11.6 Å². The third-order valence-corrected chi connectivity index (χ3v) is 2.63. The molecule has 72 valence electrons. The van der Waals surface area contributed by atoms with Crippen LogP contribution in [-0.4, -0.2) is 4.98 Å². The molecule has 0 bridgehead atoms. The van der Waals surface area contributed by atoms with Crippen molar-refractivity contribution in [1.29, 1.82) is 0 Å². The van der Waals surface area contributed by atoms with E-state index in [1.165, 1.54) is 5.56 Å². The minimum Gasteiger partial charge on any atom is -0.397 e. The normalized spacial score (nSPS) is 10.7. The van der Waals surface area contributed by atoms with Gasteiger partial charge in [-0.1, -0.05) is 24.6 Å². The molecule has 2 rings (SSSR count). The molecule has 0 spiro atoms. The molecule has 0 aliphatic rings. The fraction of sp³-hybridized carbons (Fsp3) is 0.182. The van der Waals surface area contributed by atoms with E-state index in [4.69, 9.17) is 17.3 Å². The number of nitrogen functional groups attached to an aromatic ring is 1. The number of rotatable bonds is 1. The third kappa shape index (κ3) is 1.42. The number of fused-ring (bicyclic) bond motifs is 1. The number of hydrogen-bond donors (Lipinski definition) is 1. The lowest BCUT2D eigenvalue weighted by atomic mass is 10.1. The Bertz CT molecular complexity index is 480. The van der Waals surface area contributed by atoms with Gasteiger partial charge < -0.3 is 5.73 Å². The molecule has 0 atom stereocenters. The standard InChI is InChI=1S/C11H11ClN2/c1-2-7-3-4-10-8(5-7)11(13)9(12)6-14-10/h3-6H,2H2,1H3,(H2,13,14). The van der Waals surface area contributed by atoms with Crippen LogP contribution in [0.4, 0.5) is 5.69 Å². The molecule has 0 fully saturated rings. The summed E-state index contributed by atoms with van der Waals surface area (Å²) in [7, 11) is 0. The first-order valence-corrected chi connectivity index (χ1v) is 4.92. The summed E-state index contributed by atoms with van der Waals surface area (Å²) in [5, 5.41) is 1.46.